The minimum absolute atomic E-state index is 0.317. The van der Waals surface area contributed by atoms with Crippen LogP contribution in [0.5, 0.6) is 0 Å². The highest BCUT2D eigenvalue weighted by molar-refractivity contribution is 5.47. The van der Waals surface area contributed by atoms with E-state index in [4.69, 9.17) is 5.73 Å². The molecule has 4 heteroatoms. The molecule has 0 unspecified atom stereocenters. The van der Waals surface area contributed by atoms with Crippen molar-refractivity contribution in [1.29, 1.82) is 0 Å². The lowest BCUT2D eigenvalue weighted by molar-refractivity contribution is 1.07. The van der Waals surface area contributed by atoms with E-state index in [1.165, 1.54) is 0 Å². The van der Waals surface area contributed by atoms with Crippen molar-refractivity contribution in [1.82, 2.24) is 9.97 Å². The maximum Gasteiger partial charge on any atom is 0.222 e. The second-order valence-electron chi connectivity index (χ2n) is 2.39. The van der Waals surface area contributed by atoms with Gasteiger partial charge in [0.05, 0.1) is 0 Å². The fourth-order valence-electron chi connectivity index (χ4n) is 0.894. The molecule has 1 heterocycles. The summed E-state index contributed by atoms with van der Waals surface area (Å²) in [5.74, 6) is 1.12. The zero-order valence-corrected chi connectivity index (χ0v) is 6.97. The second kappa shape index (κ2) is 2.74. The molecule has 0 saturated heterocycles. The number of hydrogen-bond donors (Lipinski definition) is 2. The average Bonchev–Trinajstić information content (AvgIpc) is 1.96. The number of rotatable bonds is 1. The molecular formula is C7H12N4. The Hall–Kier alpha value is -1.32. The SMILES string of the molecule is CNc1nc(N)nc(C)c1C. The van der Waals surface area contributed by atoms with E-state index >= 15 is 0 Å². The smallest absolute Gasteiger partial charge is 0.222 e. The van der Waals surface area contributed by atoms with Crippen molar-refractivity contribution in [3.8, 4) is 0 Å². The number of hydrogen-bond acceptors (Lipinski definition) is 4. The lowest BCUT2D eigenvalue weighted by Crippen LogP contribution is -2.04. The average molecular weight is 152 g/mol. The maximum atomic E-state index is 5.44. The number of nitrogen functional groups attached to an aromatic ring is 1. The summed E-state index contributed by atoms with van der Waals surface area (Å²) in [4.78, 5) is 8.02. The van der Waals surface area contributed by atoms with Gasteiger partial charge in [-0.3, -0.25) is 0 Å². The van der Waals surface area contributed by atoms with Gasteiger partial charge in [0.2, 0.25) is 5.95 Å². The minimum Gasteiger partial charge on any atom is -0.373 e. The van der Waals surface area contributed by atoms with Crippen LogP contribution in [0.3, 0.4) is 0 Å². The van der Waals surface area contributed by atoms with Crippen molar-refractivity contribution in [3.05, 3.63) is 11.3 Å². The molecular weight excluding hydrogens is 140 g/mol. The molecule has 4 nitrogen and oxygen atoms in total. The number of nitrogens with zero attached hydrogens (tertiary/aromatic N) is 2. The van der Waals surface area contributed by atoms with Crippen molar-refractivity contribution >= 4 is 11.8 Å². The Bertz CT molecular complexity index is 269. The summed E-state index contributed by atoms with van der Waals surface area (Å²) in [6.45, 7) is 3.87. The van der Waals surface area contributed by atoms with E-state index < -0.39 is 0 Å². The molecule has 0 aliphatic heterocycles. The molecule has 1 rings (SSSR count). The van der Waals surface area contributed by atoms with Crippen LogP contribution in [0.25, 0.3) is 0 Å². The van der Waals surface area contributed by atoms with Crippen LogP contribution in [0.2, 0.25) is 0 Å². The van der Waals surface area contributed by atoms with E-state index in [0.717, 1.165) is 17.1 Å². The highest BCUT2D eigenvalue weighted by Gasteiger charge is 2.02. The molecule has 0 amide bonds. The monoisotopic (exact) mass is 152 g/mol. The van der Waals surface area contributed by atoms with Gasteiger partial charge in [-0.2, -0.15) is 4.98 Å². The number of nitrogens with two attached hydrogens (primary N) is 1. The number of aryl methyl sites for hydroxylation is 1. The van der Waals surface area contributed by atoms with Gasteiger partial charge in [-0.05, 0) is 13.8 Å². The molecule has 0 atom stereocenters. The Morgan fingerprint density at radius 3 is 2.45 bits per heavy atom. The third-order valence-electron chi connectivity index (χ3n) is 1.64. The predicted octanol–water partition coefficient (Wildman–Crippen LogP) is 0.717. The molecule has 0 spiro atoms. The quantitative estimate of drug-likeness (QED) is 0.622. The van der Waals surface area contributed by atoms with Crippen LogP contribution < -0.4 is 11.1 Å². The maximum absolute atomic E-state index is 5.44. The fourth-order valence-corrected chi connectivity index (χ4v) is 0.894. The zero-order chi connectivity index (χ0) is 8.43. The molecule has 1 aromatic rings. The third kappa shape index (κ3) is 1.39. The van der Waals surface area contributed by atoms with E-state index in [1.807, 2.05) is 20.9 Å². The van der Waals surface area contributed by atoms with E-state index in [9.17, 15) is 0 Å². The molecule has 3 N–H and O–H groups in total. The van der Waals surface area contributed by atoms with Gasteiger partial charge in [-0.15, -0.1) is 0 Å². The molecule has 0 bridgehead atoms. The molecule has 0 fully saturated rings. The highest BCUT2D eigenvalue weighted by atomic mass is 15.1. The fraction of sp³-hybridized carbons (Fsp3) is 0.429. The number of anilines is 2. The summed E-state index contributed by atoms with van der Waals surface area (Å²) in [7, 11) is 1.81. The largest absolute Gasteiger partial charge is 0.373 e. The summed E-state index contributed by atoms with van der Waals surface area (Å²) >= 11 is 0. The van der Waals surface area contributed by atoms with E-state index in [0.29, 0.717) is 5.95 Å². The summed E-state index contributed by atoms with van der Waals surface area (Å²) in [5.41, 5.74) is 7.40. The first-order chi connectivity index (χ1) is 5.15. The summed E-state index contributed by atoms with van der Waals surface area (Å²) in [6, 6.07) is 0. The van der Waals surface area contributed by atoms with Crippen molar-refractivity contribution in [2.45, 2.75) is 13.8 Å². The summed E-state index contributed by atoms with van der Waals surface area (Å²) < 4.78 is 0. The zero-order valence-electron chi connectivity index (χ0n) is 6.97. The summed E-state index contributed by atoms with van der Waals surface area (Å²) in [6.07, 6.45) is 0. The molecule has 0 aromatic carbocycles. The van der Waals surface area contributed by atoms with Crippen LogP contribution in [-0.4, -0.2) is 17.0 Å². The Balaban J connectivity index is 3.24. The van der Waals surface area contributed by atoms with Crippen LogP contribution >= 0.6 is 0 Å². The molecule has 0 radical (unpaired) electrons. The number of nitrogens with one attached hydrogen (secondary N) is 1. The molecule has 0 aliphatic carbocycles. The van der Waals surface area contributed by atoms with Crippen LogP contribution in [-0.2, 0) is 0 Å². The van der Waals surface area contributed by atoms with Crippen LogP contribution in [0.1, 0.15) is 11.3 Å². The minimum atomic E-state index is 0.317. The topological polar surface area (TPSA) is 63.8 Å². The lowest BCUT2D eigenvalue weighted by atomic mass is 10.2. The van der Waals surface area contributed by atoms with Gasteiger partial charge in [0.1, 0.15) is 5.82 Å². The first-order valence-electron chi connectivity index (χ1n) is 3.43. The summed E-state index contributed by atoms with van der Waals surface area (Å²) in [5, 5.41) is 2.95. The predicted molar refractivity (Wildman–Crippen MR) is 45.5 cm³/mol. The Labute approximate surface area is 65.9 Å². The van der Waals surface area contributed by atoms with Gasteiger partial charge in [-0.1, -0.05) is 0 Å². The van der Waals surface area contributed by atoms with Crippen molar-refractivity contribution in [3.63, 3.8) is 0 Å². The first kappa shape index (κ1) is 7.78. The third-order valence-corrected chi connectivity index (χ3v) is 1.64. The van der Waals surface area contributed by atoms with Crippen molar-refractivity contribution < 1.29 is 0 Å². The van der Waals surface area contributed by atoms with Crippen molar-refractivity contribution in [2.24, 2.45) is 0 Å². The van der Waals surface area contributed by atoms with Crippen LogP contribution in [0.4, 0.5) is 11.8 Å². The van der Waals surface area contributed by atoms with Gasteiger partial charge < -0.3 is 11.1 Å². The van der Waals surface area contributed by atoms with Gasteiger partial charge in [0.25, 0.3) is 0 Å². The Kier molecular flexibility index (Phi) is 1.94. The second-order valence-corrected chi connectivity index (χ2v) is 2.39. The highest BCUT2D eigenvalue weighted by Crippen LogP contribution is 2.13. The van der Waals surface area contributed by atoms with Gasteiger partial charge in [-0.25, -0.2) is 4.98 Å². The molecule has 1 aromatic heterocycles. The standard InChI is InChI=1S/C7H12N4/c1-4-5(2)10-7(8)11-6(4)9-3/h1-3H3,(H3,8,9,10,11). The number of aromatic nitrogens is 2. The van der Waals surface area contributed by atoms with Crippen molar-refractivity contribution in [2.75, 3.05) is 18.1 Å². The molecule has 11 heavy (non-hydrogen) atoms. The van der Waals surface area contributed by atoms with Gasteiger partial charge in [0.15, 0.2) is 0 Å². The van der Waals surface area contributed by atoms with E-state index in [2.05, 4.69) is 15.3 Å². The van der Waals surface area contributed by atoms with E-state index in [1.54, 1.807) is 0 Å². The van der Waals surface area contributed by atoms with E-state index in [-0.39, 0.29) is 0 Å². The molecule has 0 saturated carbocycles. The molecule has 60 valence electrons. The van der Waals surface area contributed by atoms with Gasteiger partial charge in [0, 0.05) is 18.3 Å². The van der Waals surface area contributed by atoms with Crippen LogP contribution in [0, 0.1) is 13.8 Å². The Morgan fingerprint density at radius 1 is 1.27 bits per heavy atom. The Morgan fingerprint density at radius 2 is 1.91 bits per heavy atom. The van der Waals surface area contributed by atoms with Crippen LogP contribution in [0.15, 0.2) is 0 Å². The van der Waals surface area contributed by atoms with Gasteiger partial charge >= 0.3 is 0 Å². The first-order valence-corrected chi connectivity index (χ1v) is 3.43. The lowest BCUT2D eigenvalue weighted by Gasteiger charge is -2.06. The normalized spacial score (nSPS) is 9.73. The molecule has 0 aliphatic rings.